The zero-order chi connectivity index (χ0) is 14.0. The molecule has 19 heavy (non-hydrogen) atoms. The normalized spacial score (nSPS) is 23.1. The third-order valence-electron chi connectivity index (χ3n) is 3.35. The van der Waals surface area contributed by atoms with Crippen LogP contribution in [-0.2, 0) is 4.79 Å². The number of aliphatic carboxylic acids is 1. The Hall–Kier alpha value is -2.18. The van der Waals surface area contributed by atoms with Gasteiger partial charge in [-0.25, -0.2) is 4.79 Å². The van der Waals surface area contributed by atoms with E-state index < -0.39 is 17.9 Å². The van der Waals surface area contributed by atoms with E-state index in [1.54, 1.807) is 11.0 Å². The van der Waals surface area contributed by atoms with Crippen LogP contribution in [0, 0.1) is 5.92 Å². The zero-order valence-electron chi connectivity index (χ0n) is 10.6. The predicted molar refractivity (Wildman–Crippen MR) is 67.7 cm³/mol. The molecule has 1 fully saturated rings. The molecule has 1 aromatic heterocycles. The van der Waals surface area contributed by atoms with Crippen LogP contribution in [0.5, 0.6) is 0 Å². The maximum Gasteiger partial charge on any atom is 0.326 e. The molecule has 1 amide bonds. The topological polar surface area (TPSA) is 109 Å². The maximum absolute atomic E-state index is 11.3. The van der Waals surface area contributed by atoms with Crippen LogP contribution in [0.15, 0.2) is 12.1 Å². The quantitative estimate of drug-likeness (QED) is 0.810. The van der Waals surface area contributed by atoms with Crippen molar-refractivity contribution in [2.45, 2.75) is 25.8 Å². The van der Waals surface area contributed by atoms with E-state index in [-0.39, 0.29) is 5.69 Å². The van der Waals surface area contributed by atoms with Crippen LogP contribution in [-0.4, -0.2) is 39.8 Å². The Kier molecular flexibility index (Phi) is 3.64. The van der Waals surface area contributed by atoms with Crippen LogP contribution in [0.2, 0.25) is 0 Å². The number of aromatic nitrogens is 2. The highest BCUT2D eigenvalue weighted by molar-refractivity contribution is 5.90. The lowest BCUT2D eigenvalue weighted by Gasteiger charge is -2.36. The first-order valence-electron chi connectivity index (χ1n) is 6.12. The lowest BCUT2D eigenvalue weighted by Crippen LogP contribution is -2.47. The average molecular weight is 264 g/mol. The Morgan fingerprint density at radius 1 is 1.42 bits per heavy atom. The minimum Gasteiger partial charge on any atom is -0.480 e. The molecule has 3 N–H and O–H groups in total. The number of hydrogen-bond donors (Lipinski definition) is 2. The van der Waals surface area contributed by atoms with Gasteiger partial charge in [-0.15, -0.1) is 10.2 Å². The molecule has 1 aromatic rings. The van der Waals surface area contributed by atoms with Gasteiger partial charge in [0.25, 0.3) is 5.91 Å². The molecule has 1 saturated heterocycles. The van der Waals surface area contributed by atoms with Crippen molar-refractivity contribution in [3.8, 4) is 0 Å². The molecule has 2 atom stereocenters. The van der Waals surface area contributed by atoms with Gasteiger partial charge in [-0.1, -0.05) is 6.92 Å². The van der Waals surface area contributed by atoms with Crippen molar-refractivity contribution in [1.29, 1.82) is 0 Å². The molecule has 1 aliphatic heterocycles. The Morgan fingerprint density at radius 3 is 2.68 bits per heavy atom. The molecule has 0 spiro atoms. The largest absolute Gasteiger partial charge is 0.480 e. The van der Waals surface area contributed by atoms with Crippen LogP contribution >= 0.6 is 0 Å². The Balaban J connectivity index is 2.23. The standard InChI is InChI=1S/C12H16N4O3/c1-7-4-5-16(9(6-7)12(18)19)10-3-2-8(11(13)17)14-15-10/h2-3,7,9H,4-6H2,1H3,(H2,13,17)(H,18,19). The summed E-state index contributed by atoms with van der Waals surface area (Å²) in [5, 5.41) is 16.9. The first-order valence-corrected chi connectivity index (χ1v) is 6.12. The highest BCUT2D eigenvalue weighted by Crippen LogP contribution is 2.26. The molecule has 0 radical (unpaired) electrons. The average Bonchev–Trinajstić information content (AvgIpc) is 2.38. The summed E-state index contributed by atoms with van der Waals surface area (Å²) in [4.78, 5) is 23.9. The maximum atomic E-state index is 11.3. The molecule has 0 saturated carbocycles. The summed E-state index contributed by atoms with van der Waals surface area (Å²) in [5.41, 5.74) is 5.16. The van der Waals surface area contributed by atoms with Crippen LogP contribution in [0.1, 0.15) is 30.3 Å². The fourth-order valence-corrected chi connectivity index (χ4v) is 2.26. The van der Waals surface area contributed by atoms with Gasteiger partial charge in [-0.2, -0.15) is 0 Å². The molecular weight excluding hydrogens is 248 g/mol. The van der Waals surface area contributed by atoms with Crippen LogP contribution in [0.4, 0.5) is 5.82 Å². The third-order valence-corrected chi connectivity index (χ3v) is 3.35. The van der Waals surface area contributed by atoms with E-state index in [9.17, 15) is 14.7 Å². The van der Waals surface area contributed by atoms with Crippen molar-refractivity contribution < 1.29 is 14.7 Å². The summed E-state index contributed by atoms with van der Waals surface area (Å²) >= 11 is 0. The van der Waals surface area contributed by atoms with Crippen LogP contribution in [0.25, 0.3) is 0 Å². The van der Waals surface area contributed by atoms with Gasteiger partial charge in [0.2, 0.25) is 0 Å². The van der Waals surface area contributed by atoms with Crippen LogP contribution in [0.3, 0.4) is 0 Å². The van der Waals surface area contributed by atoms with Gasteiger partial charge in [0.1, 0.15) is 6.04 Å². The molecule has 102 valence electrons. The number of carbonyl (C=O) groups is 2. The highest BCUT2D eigenvalue weighted by atomic mass is 16.4. The number of nitrogens with two attached hydrogens (primary N) is 1. The summed E-state index contributed by atoms with van der Waals surface area (Å²) in [6, 6.07) is 2.44. The second-order valence-corrected chi connectivity index (χ2v) is 4.82. The van der Waals surface area contributed by atoms with Gasteiger partial charge in [0, 0.05) is 6.54 Å². The highest BCUT2D eigenvalue weighted by Gasteiger charge is 2.32. The number of rotatable bonds is 3. The molecule has 2 unspecified atom stereocenters. The zero-order valence-corrected chi connectivity index (χ0v) is 10.6. The first-order chi connectivity index (χ1) is 8.99. The van der Waals surface area contributed by atoms with Crippen molar-refractivity contribution >= 4 is 17.7 Å². The van der Waals surface area contributed by atoms with E-state index in [0.717, 1.165) is 6.42 Å². The van der Waals surface area contributed by atoms with Crippen molar-refractivity contribution in [3.05, 3.63) is 17.8 Å². The summed E-state index contributed by atoms with van der Waals surface area (Å²) in [5.74, 6) is -0.687. The minimum atomic E-state index is -0.868. The number of anilines is 1. The molecule has 2 heterocycles. The minimum absolute atomic E-state index is 0.0704. The summed E-state index contributed by atoms with van der Waals surface area (Å²) in [7, 11) is 0. The smallest absolute Gasteiger partial charge is 0.326 e. The van der Waals surface area contributed by atoms with E-state index in [1.165, 1.54) is 6.07 Å². The predicted octanol–water partition coefficient (Wildman–Crippen LogP) is 0.265. The number of carbonyl (C=O) groups excluding carboxylic acids is 1. The van der Waals surface area contributed by atoms with Crippen molar-refractivity contribution in [2.75, 3.05) is 11.4 Å². The second kappa shape index (κ2) is 5.21. The summed E-state index contributed by atoms with van der Waals surface area (Å²) < 4.78 is 0. The number of hydrogen-bond acceptors (Lipinski definition) is 5. The Bertz CT molecular complexity index is 488. The number of primary amides is 1. The number of carboxylic acids is 1. The van der Waals surface area contributed by atoms with Gasteiger partial charge in [-0.3, -0.25) is 4.79 Å². The Labute approximate surface area is 110 Å². The number of carboxylic acid groups (broad SMARTS) is 1. The van der Waals surface area contributed by atoms with Gasteiger partial charge in [0.05, 0.1) is 0 Å². The van der Waals surface area contributed by atoms with E-state index in [1.807, 2.05) is 6.92 Å². The molecule has 0 aliphatic carbocycles. The summed E-state index contributed by atoms with van der Waals surface area (Å²) in [6.07, 6.45) is 1.48. The molecule has 2 rings (SSSR count). The van der Waals surface area contributed by atoms with E-state index in [0.29, 0.717) is 24.7 Å². The monoisotopic (exact) mass is 264 g/mol. The molecule has 0 bridgehead atoms. The molecule has 1 aliphatic rings. The van der Waals surface area contributed by atoms with Gasteiger partial charge in [-0.05, 0) is 30.9 Å². The van der Waals surface area contributed by atoms with Crippen molar-refractivity contribution in [1.82, 2.24) is 10.2 Å². The molecule has 7 heteroatoms. The molecule has 7 nitrogen and oxygen atoms in total. The molecular formula is C12H16N4O3. The number of amides is 1. The van der Waals surface area contributed by atoms with Crippen molar-refractivity contribution in [2.24, 2.45) is 11.7 Å². The lowest BCUT2D eigenvalue weighted by atomic mass is 9.92. The van der Waals surface area contributed by atoms with E-state index in [4.69, 9.17) is 5.73 Å². The second-order valence-electron chi connectivity index (χ2n) is 4.82. The van der Waals surface area contributed by atoms with Gasteiger partial charge >= 0.3 is 5.97 Å². The lowest BCUT2D eigenvalue weighted by molar-refractivity contribution is -0.139. The fraction of sp³-hybridized carbons (Fsp3) is 0.500. The number of nitrogens with zero attached hydrogens (tertiary/aromatic N) is 3. The Morgan fingerprint density at radius 2 is 2.16 bits per heavy atom. The van der Waals surface area contributed by atoms with Crippen LogP contribution < -0.4 is 10.6 Å². The van der Waals surface area contributed by atoms with E-state index in [2.05, 4.69) is 10.2 Å². The summed E-state index contributed by atoms with van der Waals surface area (Å²) in [6.45, 7) is 2.65. The third kappa shape index (κ3) is 2.81. The SMILES string of the molecule is CC1CCN(c2ccc(C(N)=O)nn2)C(C(=O)O)C1. The first kappa shape index (κ1) is 13.3. The van der Waals surface area contributed by atoms with Crippen molar-refractivity contribution in [3.63, 3.8) is 0 Å². The van der Waals surface area contributed by atoms with Gasteiger partial charge < -0.3 is 15.7 Å². The van der Waals surface area contributed by atoms with E-state index >= 15 is 0 Å². The van der Waals surface area contributed by atoms with Gasteiger partial charge in [0.15, 0.2) is 11.5 Å². The molecule has 0 aromatic carbocycles. The fourth-order valence-electron chi connectivity index (χ4n) is 2.26. The number of piperidine rings is 1.